The molecule has 1 aliphatic rings. The van der Waals surface area contributed by atoms with E-state index in [1.54, 1.807) is 6.07 Å². The number of rotatable bonds is 3. The average Bonchev–Trinajstić information content (AvgIpc) is 2.55. The minimum absolute atomic E-state index is 0.0189. The van der Waals surface area contributed by atoms with Crippen LogP contribution < -0.4 is 4.90 Å². The Morgan fingerprint density at radius 3 is 2.88 bits per heavy atom. The molecule has 1 amide bonds. The topological polar surface area (TPSA) is 57.6 Å². The van der Waals surface area contributed by atoms with E-state index in [2.05, 4.69) is 0 Å². The van der Waals surface area contributed by atoms with Crippen molar-refractivity contribution >= 4 is 17.6 Å². The molecule has 0 spiro atoms. The van der Waals surface area contributed by atoms with Gasteiger partial charge in [-0.05, 0) is 17.7 Å². The summed E-state index contributed by atoms with van der Waals surface area (Å²) in [7, 11) is 0. The molecule has 0 atom stereocenters. The summed E-state index contributed by atoms with van der Waals surface area (Å²) in [5.74, 6) is -1.24. The van der Waals surface area contributed by atoms with Crippen LogP contribution in [0.2, 0.25) is 0 Å². The van der Waals surface area contributed by atoms with E-state index < -0.39 is 12.6 Å². The molecule has 0 aromatic heterocycles. The van der Waals surface area contributed by atoms with Crippen LogP contribution in [-0.2, 0) is 11.2 Å². The monoisotopic (exact) mass is 223 g/mol. The fraction of sp³-hybridized carbons (Fsp3) is 0.273. The Morgan fingerprint density at radius 2 is 2.25 bits per heavy atom. The molecule has 0 fully saturated rings. The molecule has 0 aliphatic carbocycles. The number of aromatic carboxylic acids is 1. The van der Waals surface area contributed by atoms with Crippen LogP contribution in [0.15, 0.2) is 18.2 Å². The van der Waals surface area contributed by atoms with Crippen LogP contribution in [0.3, 0.4) is 0 Å². The highest BCUT2D eigenvalue weighted by atomic mass is 19.1. The third-order valence-electron chi connectivity index (χ3n) is 2.57. The van der Waals surface area contributed by atoms with E-state index in [0.29, 0.717) is 5.69 Å². The second kappa shape index (κ2) is 3.92. The highest BCUT2D eigenvalue weighted by molar-refractivity contribution is 6.03. The molecule has 2 rings (SSSR count). The third kappa shape index (κ3) is 1.64. The van der Waals surface area contributed by atoms with Crippen LogP contribution in [0.4, 0.5) is 10.1 Å². The minimum atomic E-state index is -1.05. The van der Waals surface area contributed by atoms with Gasteiger partial charge in [0.15, 0.2) is 0 Å². The van der Waals surface area contributed by atoms with Gasteiger partial charge in [0.05, 0.1) is 18.5 Å². The molecule has 0 unspecified atom stereocenters. The van der Waals surface area contributed by atoms with Crippen LogP contribution in [0.5, 0.6) is 0 Å². The highest BCUT2D eigenvalue weighted by Crippen LogP contribution is 2.29. The maximum atomic E-state index is 12.3. The Kier molecular flexibility index (Phi) is 2.60. The Balaban J connectivity index is 2.41. The molecule has 1 aromatic carbocycles. The van der Waals surface area contributed by atoms with Gasteiger partial charge in [0.2, 0.25) is 5.91 Å². The van der Waals surface area contributed by atoms with Crippen LogP contribution in [-0.4, -0.2) is 30.2 Å². The molecule has 4 nitrogen and oxygen atoms in total. The van der Waals surface area contributed by atoms with Gasteiger partial charge in [0, 0.05) is 5.69 Å². The molecule has 84 valence electrons. The lowest BCUT2D eigenvalue weighted by Crippen LogP contribution is -2.28. The molecular weight excluding hydrogens is 213 g/mol. The van der Waals surface area contributed by atoms with Crippen molar-refractivity contribution < 1.29 is 19.1 Å². The number of fused-ring (bicyclic) bond motifs is 1. The van der Waals surface area contributed by atoms with Gasteiger partial charge in [-0.25, -0.2) is 9.18 Å². The number of benzene rings is 1. The fourth-order valence-corrected chi connectivity index (χ4v) is 1.82. The number of amides is 1. The van der Waals surface area contributed by atoms with Crippen LogP contribution >= 0.6 is 0 Å². The summed E-state index contributed by atoms with van der Waals surface area (Å²) in [5.41, 5.74) is 1.38. The van der Waals surface area contributed by atoms with E-state index in [-0.39, 0.29) is 24.4 Å². The summed E-state index contributed by atoms with van der Waals surface area (Å²) in [6, 6.07) is 4.47. The zero-order chi connectivity index (χ0) is 11.7. The van der Waals surface area contributed by atoms with E-state index in [9.17, 15) is 14.0 Å². The van der Waals surface area contributed by atoms with E-state index >= 15 is 0 Å². The van der Waals surface area contributed by atoms with Crippen molar-refractivity contribution in [2.24, 2.45) is 0 Å². The maximum Gasteiger partial charge on any atom is 0.335 e. The number of carboxylic acids is 1. The molecular formula is C11H10FNO3. The Hall–Kier alpha value is -1.91. The van der Waals surface area contributed by atoms with Crippen LogP contribution in [0.25, 0.3) is 0 Å². The summed E-state index contributed by atoms with van der Waals surface area (Å²) in [4.78, 5) is 23.6. The van der Waals surface area contributed by atoms with Gasteiger partial charge in [-0.15, -0.1) is 0 Å². The number of carbonyl (C=O) groups excluding carboxylic acids is 1. The first-order valence-corrected chi connectivity index (χ1v) is 4.86. The number of carbonyl (C=O) groups is 2. The first kappa shape index (κ1) is 10.6. The standard InChI is InChI=1S/C11H10FNO3/c12-3-4-13-9-5-8(11(15)16)2-1-7(9)6-10(13)14/h1-2,5H,3-4,6H2,(H,15,16). The number of anilines is 1. The van der Waals surface area contributed by atoms with Crippen molar-refractivity contribution in [2.45, 2.75) is 6.42 Å². The maximum absolute atomic E-state index is 12.3. The Morgan fingerprint density at radius 1 is 1.50 bits per heavy atom. The summed E-state index contributed by atoms with van der Waals surface area (Å²) in [6.45, 7) is -0.655. The lowest BCUT2D eigenvalue weighted by molar-refractivity contribution is -0.117. The van der Waals surface area contributed by atoms with Gasteiger partial charge in [-0.3, -0.25) is 4.79 Å². The number of nitrogens with zero attached hydrogens (tertiary/aromatic N) is 1. The summed E-state index contributed by atoms with van der Waals surface area (Å²) in [5, 5.41) is 8.82. The number of halogens is 1. The van der Waals surface area contributed by atoms with Gasteiger partial charge in [0.25, 0.3) is 0 Å². The normalized spacial score (nSPS) is 14.1. The zero-order valence-corrected chi connectivity index (χ0v) is 8.44. The molecule has 1 aliphatic heterocycles. The van der Waals surface area contributed by atoms with Crippen LogP contribution in [0, 0.1) is 0 Å². The number of alkyl halides is 1. The first-order valence-electron chi connectivity index (χ1n) is 4.86. The summed E-state index contributed by atoms with van der Waals surface area (Å²) >= 11 is 0. The molecule has 1 aromatic rings. The average molecular weight is 223 g/mol. The number of carboxylic acid groups (broad SMARTS) is 1. The third-order valence-corrected chi connectivity index (χ3v) is 2.57. The molecule has 0 radical (unpaired) electrons. The van der Waals surface area contributed by atoms with Crippen molar-refractivity contribution in [3.05, 3.63) is 29.3 Å². The summed E-state index contributed by atoms with van der Waals surface area (Å²) in [6.07, 6.45) is 0.217. The van der Waals surface area contributed by atoms with Crippen molar-refractivity contribution in [3.63, 3.8) is 0 Å². The van der Waals surface area contributed by atoms with E-state index in [0.717, 1.165) is 5.56 Å². The molecule has 0 bridgehead atoms. The van der Waals surface area contributed by atoms with Gasteiger partial charge < -0.3 is 10.0 Å². The second-order valence-corrected chi connectivity index (χ2v) is 3.56. The predicted molar refractivity (Wildman–Crippen MR) is 55.4 cm³/mol. The van der Waals surface area contributed by atoms with Gasteiger partial charge in [-0.2, -0.15) is 0 Å². The Bertz CT molecular complexity index is 459. The van der Waals surface area contributed by atoms with Gasteiger partial charge in [0.1, 0.15) is 6.67 Å². The van der Waals surface area contributed by atoms with Gasteiger partial charge in [-0.1, -0.05) is 6.07 Å². The quantitative estimate of drug-likeness (QED) is 0.838. The smallest absolute Gasteiger partial charge is 0.335 e. The molecule has 1 heterocycles. The minimum Gasteiger partial charge on any atom is -0.478 e. The lowest BCUT2D eigenvalue weighted by Gasteiger charge is -2.15. The lowest BCUT2D eigenvalue weighted by atomic mass is 10.1. The summed E-state index contributed by atoms with van der Waals surface area (Å²) < 4.78 is 12.3. The first-order chi connectivity index (χ1) is 7.63. The second-order valence-electron chi connectivity index (χ2n) is 3.56. The molecule has 0 saturated carbocycles. The fourth-order valence-electron chi connectivity index (χ4n) is 1.82. The van der Waals surface area contributed by atoms with Gasteiger partial charge >= 0.3 is 5.97 Å². The number of hydrogen-bond donors (Lipinski definition) is 1. The largest absolute Gasteiger partial charge is 0.478 e. The highest BCUT2D eigenvalue weighted by Gasteiger charge is 2.27. The van der Waals surface area contributed by atoms with E-state index in [1.165, 1.54) is 17.0 Å². The van der Waals surface area contributed by atoms with Crippen LogP contribution in [0.1, 0.15) is 15.9 Å². The SMILES string of the molecule is O=C(O)c1ccc2c(c1)N(CCF)C(=O)C2. The van der Waals surface area contributed by atoms with Crippen molar-refractivity contribution in [1.29, 1.82) is 0 Å². The van der Waals surface area contributed by atoms with E-state index in [4.69, 9.17) is 5.11 Å². The van der Waals surface area contributed by atoms with Crippen molar-refractivity contribution in [2.75, 3.05) is 18.1 Å². The van der Waals surface area contributed by atoms with Crippen molar-refractivity contribution in [1.82, 2.24) is 0 Å². The predicted octanol–water partition coefficient (Wildman–Crippen LogP) is 1.24. The molecule has 1 N–H and O–H groups in total. The Labute approximate surface area is 91.3 Å². The zero-order valence-electron chi connectivity index (χ0n) is 8.44. The molecule has 16 heavy (non-hydrogen) atoms. The number of hydrogen-bond acceptors (Lipinski definition) is 2. The molecule has 5 heteroatoms. The molecule has 0 saturated heterocycles. The van der Waals surface area contributed by atoms with Crippen molar-refractivity contribution in [3.8, 4) is 0 Å². The van der Waals surface area contributed by atoms with E-state index in [1.807, 2.05) is 0 Å².